The van der Waals surface area contributed by atoms with Crippen molar-refractivity contribution < 1.29 is 57.8 Å². The Balaban J connectivity index is -0.0000387. The van der Waals surface area contributed by atoms with Gasteiger partial charge in [0.2, 0.25) is 16.1 Å². The molecule has 0 radical (unpaired) electrons. The fourth-order valence-corrected chi connectivity index (χ4v) is 19.2. The summed E-state index contributed by atoms with van der Waals surface area (Å²) in [5.41, 5.74) is -2.13. The zero-order chi connectivity index (χ0) is 65.6. The summed E-state index contributed by atoms with van der Waals surface area (Å²) in [5.74, 6) is -0.571. The molecule has 532 valence electrons. The van der Waals surface area contributed by atoms with E-state index in [2.05, 4.69) is 27.7 Å². The van der Waals surface area contributed by atoms with Crippen LogP contribution in [0.15, 0.2) is 0 Å². The fraction of sp³-hybridized carbons (Fsp3) is 0.947. The second kappa shape index (κ2) is 69.4. The number of rotatable bonds is 74. The summed E-state index contributed by atoms with van der Waals surface area (Å²) in [6, 6.07) is 0. The maximum absolute atomic E-state index is 16.3. The normalized spacial score (nSPS) is 14.2. The van der Waals surface area contributed by atoms with E-state index in [1.54, 1.807) is 0 Å². The van der Waals surface area contributed by atoms with Gasteiger partial charge in [-0.05, 0) is 44.9 Å². The molecule has 0 heterocycles. The first-order valence-electron chi connectivity index (χ1n) is 38.5. The van der Waals surface area contributed by atoms with Crippen molar-refractivity contribution >= 4 is 96.5 Å². The molecule has 0 rings (SSSR count). The molecule has 91 heavy (non-hydrogen) atoms. The van der Waals surface area contributed by atoms with Crippen LogP contribution in [0.1, 0.15) is 419 Å². The van der Waals surface area contributed by atoms with Crippen LogP contribution in [0.25, 0.3) is 0 Å². The van der Waals surface area contributed by atoms with E-state index in [0.717, 1.165) is 103 Å². The number of aliphatic hydroxyl groups excluding tert-OH is 3. The maximum atomic E-state index is 16.3. The molecule has 4 unspecified atom stereocenters. The number of unbranched alkanes of at least 4 members (excludes halogenated alkanes) is 49. The van der Waals surface area contributed by atoms with E-state index in [0.29, 0.717) is 25.7 Å². The van der Waals surface area contributed by atoms with Gasteiger partial charge in [-0.3, -0.25) is 28.3 Å². The van der Waals surface area contributed by atoms with E-state index in [4.69, 9.17) is 9.05 Å². The molecule has 0 aliphatic rings. The quantitative estimate of drug-likeness (QED) is 0.0255. The Morgan fingerprint density at radius 1 is 0.308 bits per heavy atom. The molecule has 12 nitrogen and oxygen atoms in total. The monoisotopic (exact) mass is 1350 g/mol. The summed E-state index contributed by atoms with van der Waals surface area (Å²) >= 11 is 0. The Labute approximate surface area is 605 Å². The first-order chi connectivity index (χ1) is 43.3. The van der Waals surface area contributed by atoms with E-state index in [1.807, 2.05) is 0 Å². The van der Waals surface area contributed by atoms with E-state index < -0.39 is 75.6 Å². The van der Waals surface area contributed by atoms with Crippen LogP contribution in [-0.4, -0.2) is 139 Å². The number of carbonyl (C=O) groups is 4. The van der Waals surface area contributed by atoms with Crippen molar-refractivity contribution in [3.63, 3.8) is 0 Å². The van der Waals surface area contributed by atoms with Crippen LogP contribution in [0.4, 0.5) is 0 Å². The molecule has 0 fully saturated rings. The van der Waals surface area contributed by atoms with Crippen molar-refractivity contribution in [2.75, 3.05) is 19.8 Å². The van der Waals surface area contributed by atoms with E-state index in [9.17, 15) is 30.0 Å². The van der Waals surface area contributed by atoms with E-state index in [-0.39, 0.29) is 129 Å². The van der Waals surface area contributed by atoms with Gasteiger partial charge < -0.3 is 29.5 Å². The summed E-state index contributed by atoms with van der Waals surface area (Å²) < 4.78 is 45.0. The Hall–Kier alpha value is 0.900. The summed E-state index contributed by atoms with van der Waals surface area (Å²) in [4.78, 5) is 57.4. The predicted octanol–water partition coefficient (Wildman–Crippen LogP) is 21.7. The molecule has 0 bridgehead atoms. The molecule has 0 aliphatic heterocycles. The third-order valence-electron chi connectivity index (χ3n) is 18.5. The van der Waals surface area contributed by atoms with Crippen LogP contribution < -0.4 is 0 Å². The number of hydrogen-bond donors (Lipinski definition) is 4. The Kier molecular flexibility index (Phi) is 73.3. The molecule has 4 atom stereocenters. The topological polar surface area (TPSA) is 202 Å². The first-order valence-corrected chi connectivity index (χ1v) is 41.8. The summed E-state index contributed by atoms with van der Waals surface area (Å²) in [6.07, 6.45) is 51.6. The number of hydrogen-bond acceptors (Lipinski definition) is 12. The molecule has 16 heteroatoms. The Bertz CT molecular complexity index is 1630. The SMILES string of the molecule is CCCCCCCCCCCCCCCC(=O)CC(CO)OP(=O)(C(=O)CCCCCCCCCCCCCCC)C(O)(CCCCO)P(=O)(OC(CO)CC(=O)CCCCCCCCCCCCCCC)C(=O)CCCCCCCCCCCCCCC.[NaH].[NaH]. The summed E-state index contributed by atoms with van der Waals surface area (Å²) in [6.45, 7) is 6.85. The molecular formula is C75H148Na2O12P2. The minimum atomic E-state index is -5.49. The van der Waals surface area contributed by atoms with Gasteiger partial charge in [-0.1, -0.05) is 336 Å². The standard InChI is InChI=1S/C75H146O12P2.2Na.2H/c1-5-9-13-17-21-25-29-33-37-41-45-49-53-59-69(79)65-71(67-77)86-88(84,73(81)61-55-51-47-43-39-35-31-27-23-19-15-11-7-3)75(83,63-57-58-64-76)89(85,74(82)62-56-52-48-44-40-36-32-28-24-20-16-12-8-4)87-72(68-78)66-70(80)60-54-50-46-42-38-34-30-26-22-18-14-10-6-2;;;;/h71-72,76-78,83H,5-68H2,1-4H3;;;;. The van der Waals surface area contributed by atoms with Crippen LogP contribution >= 0.6 is 14.7 Å². The van der Waals surface area contributed by atoms with Gasteiger partial charge in [-0.2, -0.15) is 0 Å². The van der Waals surface area contributed by atoms with Crippen LogP contribution in [0, 0.1) is 0 Å². The first kappa shape index (κ1) is 96.1. The third kappa shape index (κ3) is 50.8. The summed E-state index contributed by atoms with van der Waals surface area (Å²) in [5, 5.41) is 42.0. The number of carbonyl (C=O) groups excluding carboxylic acids is 4. The van der Waals surface area contributed by atoms with Crippen molar-refractivity contribution in [1.29, 1.82) is 0 Å². The van der Waals surface area contributed by atoms with Gasteiger partial charge in [0.15, 0.2) is 0 Å². The second-order valence-electron chi connectivity index (χ2n) is 27.1. The van der Waals surface area contributed by atoms with Gasteiger partial charge in [0, 0.05) is 45.1 Å². The van der Waals surface area contributed by atoms with Crippen LogP contribution in [0.5, 0.6) is 0 Å². The number of aliphatic hydroxyl groups is 4. The molecule has 0 aromatic carbocycles. The van der Waals surface area contributed by atoms with Gasteiger partial charge in [0.25, 0.3) is 0 Å². The zero-order valence-electron chi connectivity index (χ0n) is 58.9. The van der Waals surface area contributed by atoms with Crippen LogP contribution in [0.2, 0.25) is 0 Å². The van der Waals surface area contributed by atoms with Crippen LogP contribution in [-0.2, 0) is 37.4 Å². The molecule has 0 spiro atoms. The average molecular weight is 1350 g/mol. The summed E-state index contributed by atoms with van der Waals surface area (Å²) in [7, 11) is -11.0. The molecule has 4 N–H and O–H groups in total. The van der Waals surface area contributed by atoms with Crippen molar-refractivity contribution in [2.45, 2.75) is 437 Å². The van der Waals surface area contributed by atoms with Crippen molar-refractivity contribution in [3.8, 4) is 0 Å². The molecule has 0 aliphatic carbocycles. The average Bonchev–Trinajstić information content (AvgIpc) is 1.14. The van der Waals surface area contributed by atoms with Gasteiger partial charge in [0.05, 0.1) is 25.4 Å². The van der Waals surface area contributed by atoms with Gasteiger partial charge in [0.1, 0.15) is 11.6 Å². The van der Waals surface area contributed by atoms with Crippen LogP contribution in [0.3, 0.4) is 0 Å². The van der Waals surface area contributed by atoms with Crippen molar-refractivity contribution in [2.24, 2.45) is 0 Å². The Morgan fingerprint density at radius 2 is 0.505 bits per heavy atom. The molecule has 0 saturated carbocycles. The van der Waals surface area contributed by atoms with Gasteiger partial charge in [-0.25, -0.2) is 0 Å². The van der Waals surface area contributed by atoms with E-state index >= 15 is 18.7 Å². The molecule has 0 aromatic rings. The molecule has 0 aromatic heterocycles. The second-order valence-corrected chi connectivity index (χ2v) is 32.6. The van der Waals surface area contributed by atoms with Crippen molar-refractivity contribution in [1.82, 2.24) is 0 Å². The molecule has 0 amide bonds. The van der Waals surface area contributed by atoms with Gasteiger partial charge in [-0.15, -0.1) is 0 Å². The fourth-order valence-electron chi connectivity index (χ4n) is 12.6. The van der Waals surface area contributed by atoms with Crippen molar-refractivity contribution in [3.05, 3.63) is 0 Å². The van der Waals surface area contributed by atoms with Gasteiger partial charge >= 0.3 is 73.9 Å². The third-order valence-corrected chi connectivity index (χ3v) is 25.4. The minimum absolute atomic E-state index is 0. The Morgan fingerprint density at radius 3 is 0.703 bits per heavy atom. The number of ketones is 2. The molecule has 0 saturated heterocycles. The zero-order valence-corrected chi connectivity index (χ0v) is 60.6. The molecular weight excluding hydrogens is 1200 g/mol. The number of Topliss-reactive ketones (excluding diaryl/α,β-unsaturated/α-hetero) is 2. The predicted molar refractivity (Wildman–Crippen MR) is 390 cm³/mol. The van der Waals surface area contributed by atoms with E-state index in [1.165, 1.54) is 193 Å².